The summed E-state index contributed by atoms with van der Waals surface area (Å²) in [5.74, 6) is 0.493. The Bertz CT molecular complexity index is 516. The average molecular weight is 321 g/mol. The zero-order chi connectivity index (χ0) is 15.5. The standard InChI is InChI=1S/C16H23N3O2S/c1-17-8-10-19(11-9-17)15(20)13-4-6-18(7-5-13)16(21)14-3-2-12-22-14/h2-3,12-13H,4-11H2,1H3. The minimum absolute atomic E-state index is 0.0933. The summed E-state index contributed by atoms with van der Waals surface area (Å²) >= 11 is 1.48. The fraction of sp³-hybridized carbons (Fsp3) is 0.625. The van der Waals surface area contributed by atoms with Gasteiger partial charge in [0.1, 0.15) is 0 Å². The van der Waals surface area contributed by atoms with Crippen molar-refractivity contribution in [3.8, 4) is 0 Å². The molecule has 2 fully saturated rings. The highest BCUT2D eigenvalue weighted by molar-refractivity contribution is 7.12. The van der Waals surface area contributed by atoms with Gasteiger partial charge in [0.05, 0.1) is 4.88 Å². The smallest absolute Gasteiger partial charge is 0.263 e. The fourth-order valence-electron chi connectivity index (χ4n) is 3.17. The van der Waals surface area contributed by atoms with Crippen molar-refractivity contribution in [3.05, 3.63) is 22.4 Å². The molecule has 0 aromatic carbocycles. The molecular weight excluding hydrogens is 298 g/mol. The number of likely N-dealkylation sites (N-methyl/N-ethyl adjacent to an activating group) is 1. The number of rotatable bonds is 2. The number of hydrogen-bond acceptors (Lipinski definition) is 4. The minimum Gasteiger partial charge on any atom is -0.340 e. The molecule has 0 unspecified atom stereocenters. The molecule has 2 aliphatic rings. The Kier molecular flexibility index (Phi) is 4.78. The van der Waals surface area contributed by atoms with Crippen LogP contribution < -0.4 is 0 Å². The van der Waals surface area contributed by atoms with Gasteiger partial charge in [0, 0.05) is 45.2 Å². The zero-order valence-electron chi connectivity index (χ0n) is 13.0. The van der Waals surface area contributed by atoms with Crippen LogP contribution in [0.4, 0.5) is 0 Å². The van der Waals surface area contributed by atoms with Crippen LogP contribution in [0.5, 0.6) is 0 Å². The van der Waals surface area contributed by atoms with E-state index in [-0.39, 0.29) is 17.7 Å². The van der Waals surface area contributed by atoms with E-state index in [1.54, 1.807) is 0 Å². The molecule has 6 heteroatoms. The number of piperazine rings is 1. The third kappa shape index (κ3) is 3.33. The highest BCUT2D eigenvalue weighted by Gasteiger charge is 2.31. The van der Waals surface area contributed by atoms with E-state index in [0.29, 0.717) is 13.1 Å². The summed E-state index contributed by atoms with van der Waals surface area (Å²) in [7, 11) is 2.09. The first kappa shape index (κ1) is 15.5. The summed E-state index contributed by atoms with van der Waals surface area (Å²) in [5, 5.41) is 1.93. The molecule has 0 bridgehead atoms. The predicted molar refractivity (Wildman–Crippen MR) is 87.0 cm³/mol. The first-order valence-corrected chi connectivity index (χ1v) is 8.83. The van der Waals surface area contributed by atoms with E-state index >= 15 is 0 Å². The van der Waals surface area contributed by atoms with Gasteiger partial charge < -0.3 is 14.7 Å². The maximum Gasteiger partial charge on any atom is 0.263 e. The van der Waals surface area contributed by atoms with E-state index in [1.807, 2.05) is 27.3 Å². The third-order valence-electron chi connectivity index (χ3n) is 4.68. The number of piperidine rings is 1. The molecule has 120 valence electrons. The van der Waals surface area contributed by atoms with E-state index in [4.69, 9.17) is 0 Å². The van der Waals surface area contributed by atoms with Gasteiger partial charge >= 0.3 is 0 Å². The molecule has 2 amide bonds. The van der Waals surface area contributed by atoms with Crippen LogP contribution in [0.2, 0.25) is 0 Å². The van der Waals surface area contributed by atoms with Gasteiger partial charge in [-0.15, -0.1) is 11.3 Å². The normalized spacial score (nSPS) is 21.1. The van der Waals surface area contributed by atoms with E-state index in [2.05, 4.69) is 11.9 Å². The summed E-state index contributed by atoms with van der Waals surface area (Å²) in [6.07, 6.45) is 1.59. The van der Waals surface area contributed by atoms with E-state index in [9.17, 15) is 9.59 Å². The Morgan fingerprint density at radius 3 is 2.32 bits per heavy atom. The van der Waals surface area contributed by atoms with Crippen molar-refractivity contribution in [2.75, 3.05) is 46.3 Å². The van der Waals surface area contributed by atoms with Crippen molar-refractivity contribution in [2.45, 2.75) is 12.8 Å². The predicted octanol–water partition coefficient (Wildman–Crippen LogP) is 1.37. The number of hydrogen-bond donors (Lipinski definition) is 0. The second kappa shape index (κ2) is 6.79. The number of nitrogens with zero attached hydrogens (tertiary/aromatic N) is 3. The SMILES string of the molecule is CN1CCN(C(=O)C2CCN(C(=O)c3cccs3)CC2)CC1. The Balaban J connectivity index is 1.51. The fourth-order valence-corrected chi connectivity index (χ4v) is 3.86. The molecule has 0 spiro atoms. The maximum atomic E-state index is 12.6. The maximum absolute atomic E-state index is 12.6. The largest absolute Gasteiger partial charge is 0.340 e. The third-order valence-corrected chi connectivity index (χ3v) is 5.54. The van der Waals surface area contributed by atoms with Gasteiger partial charge in [-0.3, -0.25) is 9.59 Å². The molecule has 0 aliphatic carbocycles. The van der Waals surface area contributed by atoms with Crippen LogP contribution in [0.15, 0.2) is 17.5 Å². The van der Waals surface area contributed by atoms with Crippen LogP contribution in [-0.4, -0.2) is 72.8 Å². The van der Waals surface area contributed by atoms with Crippen LogP contribution in [-0.2, 0) is 4.79 Å². The summed E-state index contributed by atoms with van der Waals surface area (Å²) in [4.78, 5) is 31.8. The topological polar surface area (TPSA) is 43.9 Å². The Labute approximate surface area is 135 Å². The lowest BCUT2D eigenvalue weighted by atomic mass is 9.95. The van der Waals surface area contributed by atoms with Gasteiger partial charge in [0.2, 0.25) is 5.91 Å². The molecule has 5 nitrogen and oxygen atoms in total. The molecule has 3 heterocycles. The number of carbonyl (C=O) groups is 2. The second-order valence-corrected chi connectivity index (χ2v) is 7.12. The van der Waals surface area contributed by atoms with Gasteiger partial charge in [-0.1, -0.05) is 6.07 Å². The van der Waals surface area contributed by atoms with Crippen molar-refractivity contribution < 1.29 is 9.59 Å². The highest BCUT2D eigenvalue weighted by atomic mass is 32.1. The molecule has 1 aromatic heterocycles. The van der Waals surface area contributed by atoms with Gasteiger partial charge in [-0.25, -0.2) is 0 Å². The minimum atomic E-state index is 0.0933. The Hall–Kier alpha value is -1.40. The lowest BCUT2D eigenvalue weighted by Gasteiger charge is -2.37. The number of likely N-dealkylation sites (tertiary alicyclic amines) is 1. The van der Waals surface area contributed by atoms with Crippen molar-refractivity contribution >= 4 is 23.2 Å². The Morgan fingerprint density at radius 1 is 1.05 bits per heavy atom. The van der Waals surface area contributed by atoms with Crippen LogP contribution in [0.1, 0.15) is 22.5 Å². The molecule has 2 saturated heterocycles. The summed E-state index contributed by atoms with van der Waals surface area (Å²) in [6.45, 7) is 4.98. The zero-order valence-corrected chi connectivity index (χ0v) is 13.8. The van der Waals surface area contributed by atoms with Crippen LogP contribution in [0, 0.1) is 5.92 Å². The summed E-state index contributed by atoms with van der Waals surface area (Å²) in [5.41, 5.74) is 0. The number of carbonyl (C=O) groups excluding carboxylic acids is 2. The van der Waals surface area contributed by atoms with Crippen molar-refractivity contribution in [1.82, 2.24) is 14.7 Å². The first-order chi connectivity index (χ1) is 10.6. The van der Waals surface area contributed by atoms with Gasteiger partial charge in [0.25, 0.3) is 5.91 Å². The van der Waals surface area contributed by atoms with E-state index in [0.717, 1.165) is 43.9 Å². The van der Waals surface area contributed by atoms with Gasteiger partial charge in [-0.05, 0) is 31.3 Å². The molecule has 0 radical (unpaired) electrons. The first-order valence-electron chi connectivity index (χ1n) is 7.95. The quantitative estimate of drug-likeness (QED) is 0.826. The number of thiophene rings is 1. The van der Waals surface area contributed by atoms with Gasteiger partial charge in [-0.2, -0.15) is 0 Å². The van der Waals surface area contributed by atoms with E-state index < -0.39 is 0 Å². The van der Waals surface area contributed by atoms with Crippen molar-refractivity contribution in [2.24, 2.45) is 5.92 Å². The van der Waals surface area contributed by atoms with Crippen LogP contribution in [0.3, 0.4) is 0 Å². The monoisotopic (exact) mass is 321 g/mol. The molecule has 22 heavy (non-hydrogen) atoms. The lowest BCUT2D eigenvalue weighted by Crippen LogP contribution is -2.50. The molecule has 2 aliphatic heterocycles. The summed E-state index contributed by atoms with van der Waals surface area (Å²) in [6, 6.07) is 3.77. The van der Waals surface area contributed by atoms with Crippen LogP contribution in [0.25, 0.3) is 0 Å². The van der Waals surface area contributed by atoms with Crippen molar-refractivity contribution in [3.63, 3.8) is 0 Å². The second-order valence-electron chi connectivity index (χ2n) is 6.17. The lowest BCUT2D eigenvalue weighted by molar-refractivity contribution is -0.138. The molecule has 0 saturated carbocycles. The molecular formula is C16H23N3O2S. The van der Waals surface area contributed by atoms with Gasteiger partial charge in [0.15, 0.2) is 0 Å². The van der Waals surface area contributed by atoms with Crippen LogP contribution >= 0.6 is 11.3 Å². The highest BCUT2D eigenvalue weighted by Crippen LogP contribution is 2.23. The molecule has 1 aromatic rings. The molecule has 0 N–H and O–H groups in total. The molecule has 0 atom stereocenters. The average Bonchev–Trinajstić information content (AvgIpc) is 3.09. The summed E-state index contributed by atoms with van der Waals surface area (Å²) < 4.78 is 0. The van der Waals surface area contributed by atoms with Crippen molar-refractivity contribution in [1.29, 1.82) is 0 Å². The Morgan fingerprint density at radius 2 is 1.73 bits per heavy atom. The van der Waals surface area contributed by atoms with E-state index in [1.165, 1.54) is 11.3 Å². The molecule has 3 rings (SSSR count). The number of amides is 2.